The van der Waals surface area contributed by atoms with Crippen LogP contribution in [-0.4, -0.2) is 0 Å². The second-order valence-corrected chi connectivity index (χ2v) is 20.3. The monoisotopic (exact) mass is 922 g/mol. The van der Waals surface area contributed by atoms with Gasteiger partial charge in [0.2, 0.25) is 0 Å². The van der Waals surface area contributed by atoms with E-state index in [4.69, 9.17) is 27.1 Å². The highest BCUT2D eigenvalue weighted by molar-refractivity contribution is 8.00. The second-order valence-electron chi connectivity index (χ2n) is 17.3. The SMILES string of the molecule is C=C(CC)C(=C)OP(Oc1cc(C)ccc1C(C)C)Oc1ccc2ccccc2c1Sc1c(OP(Oc2cc(C)ccc2C(C)C)Oc2cc(C)ccc2C(C)C)ccc2ccccc12. The van der Waals surface area contributed by atoms with E-state index in [0.717, 1.165) is 81.8 Å². The molecule has 1 unspecified atom stereocenters. The third-order valence-electron chi connectivity index (χ3n) is 11.1. The predicted molar refractivity (Wildman–Crippen MR) is 274 cm³/mol. The van der Waals surface area contributed by atoms with Crippen LogP contribution in [0.2, 0.25) is 0 Å². The number of aryl methyl sites for hydroxylation is 3. The zero-order chi connectivity index (χ0) is 46.4. The second kappa shape index (κ2) is 21.2. The van der Waals surface area contributed by atoms with Gasteiger partial charge in [-0.1, -0.05) is 170 Å². The summed E-state index contributed by atoms with van der Waals surface area (Å²) >= 11 is 1.57. The largest absolute Gasteiger partial charge is 0.530 e. The average Bonchev–Trinajstić information content (AvgIpc) is 3.27. The van der Waals surface area contributed by atoms with Crippen LogP contribution in [0.1, 0.15) is 106 Å². The molecular formula is C56H60O6P2S. The minimum Gasteiger partial charge on any atom is -0.409 e. The first-order valence-corrected chi connectivity index (χ1v) is 25.3. The molecule has 1 atom stereocenters. The van der Waals surface area contributed by atoms with Gasteiger partial charge in [0.05, 0.1) is 9.79 Å². The molecule has 0 fully saturated rings. The van der Waals surface area contributed by atoms with Crippen LogP contribution in [0.5, 0.6) is 28.7 Å². The molecule has 0 aliphatic rings. The molecule has 6 nitrogen and oxygen atoms in total. The summed E-state index contributed by atoms with van der Waals surface area (Å²) in [6, 6.07) is 43.7. The smallest absolute Gasteiger partial charge is 0.409 e. The predicted octanol–water partition coefficient (Wildman–Crippen LogP) is 18.4. The van der Waals surface area contributed by atoms with Crippen molar-refractivity contribution >= 4 is 50.5 Å². The molecule has 0 bridgehead atoms. The van der Waals surface area contributed by atoms with Crippen LogP contribution in [0.4, 0.5) is 0 Å². The van der Waals surface area contributed by atoms with Crippen LogP contribution in [0.15, 0.2) is 162 Å². The highest BCUT2D eigenvalue weighted by Crippen LogP contribution is 2.55. The summed E-state index contributed by atoms with van der Waals surface area (Å²) in [5.41, 5.74) is 7.21. The maximum absolute atomic E-state index is 7.13. The Morgan fingerprint density at radius 1 is 0.477 bits per heavy atom. The maximum atomic E-state index is 7.13. The van der Waals surface area contributed by atoms with Gasteiger partial charge >= 0.3 is 17.2 Å². The first-order chi connectivity index (χ1) is 31.2. The molecule has 0 saturated heterocycles. The van der Waals surface area contributed by atoms with E-state index in [2.05, 4.69) is 173 Å². The minimum atomic E-state index is -2.07. The molecule has 0 radical (unpaired) electrons. The van der Waals surface area contributed by atoms with Gasteiger partial charge in [-0.3, -0.25) is 0 Å². The van der Waals surface area contributed by atoms with Crippen molar-refractivity contribution in [3.63, 3.8) is 0 Å². The summed E-state index contributed by atoms with van der Waals surface area (Å²) in [5, 5.41) is 4.11. The van der Waals surface area contributed by atoms with E-state index < -0.39 is 17.2 Å². The van der Waals surface area contributed by atoms with Crippen molar-refractivity contribution < 1.29 is 27.1 Å². The fourth-order valence-corrected chi connectivity index (χ4v) is 10.8. The topological polar surface area (TPSA) is 55.4 Å². The molecule has 0 heterocycles. The Morgan fingerprint density at radius 2 is 0.846 bits per heavy atom. The first kappa shape index (κ1) is 47.5. The number of rotatable bonds is 19. The van der Waals surface area contributed by atoms with Gasteiger partial charge in [0.15, 0.2) is 0 Å². The number of benzene rings is 7. The third-order valence-corrected chi connectivity index (χ3v) is 14.5. The molecule has 0 N–H and O–H groups in total. The first-order valence-electron chi connectivity index (χ1n) is 22.3. The molecule has 65 heavy (non-hydrogen) atoms. The highest BCUT2D eigenvalue weighted by atomic mass is 32.2. The van der Waals surface area contributed by atoms with E-state index in [1.54, 1.807) is 11.8 Å². The van der Waals surface area contributed by atoms with Gasteiger partial charge in [-0.25, -0.2) is 0 Å². The van der Waals surface area contributed by atoms with Crippen molar-refractivity contribution in [2.45, 2.75) is 103 Å². The van der Waals surface area contributed by atoms with Crippen LogP contribution < -0.4 is 22.6 Å². The van der Waals surface area contributed by atoms with Gasteiger partial charge in [-0.05, 0) is 136 Å². The van der Waals surface area contributed by atoms with Crippen molar-refractivity contribution in [3.05, 3.63) is 185 Å². The van der Waals surface area contributed by atoms with Crippen LogP contribution in [0.25, 0.3) is 21.5 Å². The minimum absolute atomic E-state index is 0.206. The number of allylic oxidation sites excluding steroid dienone is 1. The fraction of sp³-hybridized carbons (Fsp3) is 0.250. The van der Waals surface area contributed by atoms with E-state index in [1.165, 1.54) is 0 Å². The molecule has 0 aliphatic heterocycles. The van der Waals surface area contributed by atoms with Crippen LogP contribution in [0, 0.1) is 20.8 Å². The molecule has 0 spiro atoms. The van der Waals surface area contributed by atoms with Gasteiger partial charge in [0.1, 0.15) is 34.5 Å². The lowest BCUT2D eigenvalue weighted by atomic mass is 10.0. The van der Waals surface area contributed by atoms with Crippen LogP contribution >= 0.6 is 29.0 Å². The number of hydrogen-bond acceptors (Lipinski definition) is 7. The van der Waals surface area contributed by atoms with Gasteiger partial charge in [0, 0.05) is 0 Å². The normalized spacial score (nSPS) is 12.0. The summed E-state index contributed by atoms with van der Waals surface area (Å²) < 4.78 is 41.2. The third kappa shape index (κ3) is 11.5. The van der Waals surface area contributed by atoms with Crippen molar-refractivity contribution in [2.24, 2.45) is 0 Å². The molecule has 9 heteroatoms. The Labute approximate surface area is 393 Å². The number of fused-ring (bicyclic) bond motifs is 2. The summed E-state index contributed by atoms with van der Waals surface area (Å²) in [6.07, 6.45) is 0.673. The van der Waals surface area contributed by atoms with Crippen LogP contribution in [0.3, 0.4) is 0 Å². The molecule has 7 rings (SSSR count). The lowest BCUT2D eigenvalue weighted by Gasteiger charge is -2.25. The molecule has 0 saturated carbocycles. The van der Waals surface area contributed by atoms with Crippen molar-refractivity contribution in [3.8, 4) is 28.7 Å². The van der Waals surface area contributed by atoms with Crippen molar-refractivity contribution in [1.82, 2.24) is 0 Å². The maximum Gasteiger partial charge on any atom is 0.530 e. The Kier molecular flexibility index (Phi) is 15.5. The molecule has 7 aromatic carbocycles. The Morgan fingerprint density at radius 3 is 1.25 bits per heavy atom. The molecule has 0 amide bonds. The quantitative estimate of drug-likeness (QED) is 0.0455. The van der Waals surface area contributed by atoms with Gasteiger partial charge in [-0.2, -0.15) is 0 Å². The summed E-state index contributed by atoms with van der Waals surface area (Å²) in [6.45, 7) is 29.6. The fourth-order valence-electron chi connectivity index (χ4n) is 7.36. The standard InChI is InChI=1S/C56H60O6P2S/c1-13-41(11)42(12)57-63(60-52-32-38(8)22-27-45(52)35(2)3)58-50-30-25-43-18-14-16-20-48(43)55(50)65-56-49-21-17-15-19-44(49)26-31-51(56)59-64(61-53-33-39(9)23-28-46(53)36(4)5)62-54-34-40(10)24-29-47(54)37(6)7/h14-37H,11-13H2,1-10H3. The summed E-state index contributed by atoms with van der Waals surface area (Å²) in [4.78, 5) is 1.74. The summed E-state index contributed by atoms with van der Waals surface area (Å²) in [5.74, 6) is 4.43. The molecule has 0 aromatic heterocycles. The van der Waals surface area contributed by atoms with E-state index in [1.807, 2.05) is 37.3 Å². The molecule has 0 aliphatic carbocycles. The Hall–Kier alpha value is -5.45. The van der Waals surface area contributed by atoms with E-state index in [-0.39, 0.29) is 17.8 Å². The Bertz CT molecular complexity index is 2770. The summed E-state index contributed by atoms with van der Waals surface area (Å²) in [7, 11) is -4.12. The van der Waals surface area contributed by atoms with Crippen LogP contribution in [-0.2, 0) is 4.52 Å². The molecule has 7 aromatic rings. The van der Waals surface area contributed by atoms with Crippen molar-refractivity contribution in [1.29, 1.82) is 0 Å². The van der Waals surface area contributed by atoms with Gasteiger partial charge in [0.25, 0.3) is 0 Å². The molecular weight excluding hydrogens is 863 g/mol. The van der Waals surface area contributed by atoms with E-state index in [0.29, 0.717) is 29.4 Å². The lowest BCUT2D eigenvalue weighted by molar-refractivity contribution is 0.332. The van der Waals surface area contributed by atoms with Gasteiger partial charge < -0.3 is 27.1 Å². The molecule has 336 valence electrons. The average molecular weight is 923 g/mol. The zero-order valence-corrected chi connectivity index (χ0v) is 41.8. The van der Waals surface area contributed by atoms with E-state index in [9.17, 15) is 0 Å². The van der Waals surface area contributed by atoms with Crippen molar-refractivity contribution in [2.75, 3.05) is 0 Å². The van der Waals surface area contributed by atoms with E-state index >= 15 is 0 Å². The number of hydrogen-bond donors (Lipinski definition) is 0. The lowest BCUT2D eigenvalue weighted by Crippen LogP contribution is -2.07. The van der Waals surface area contributed by atoms with Gasteiger partial charge in [-0.15, -0.1) is 0 Å². The zero-order valence-electron chi connectivity index (χ0n) is 39.2. The highest BCUT2D eigenvalue weighted by Gasteiger charge is 2.29. The Balaban J connectivity index is 1.36.